The van der Waals surface area contributed by atoms with E-state index in [1.807, 2.05) is 20.8 Å². The molecule has 0 saturated carbocycles. The number of rotatable bonds is 4. The zero-order chi connectivity index (χ0) is 14.6. The zero-order valence-corrected chi connectivity index (χ0v) is 11.3. The molecule has 0 aromatic heterocycles. The first-order valence-electron chi connectivity index (χ1n) is 6.02. The summed E-state index contributed by atoms with van der Waals surface area (Å²) in [7, 11) is 0. The Kier molecular flexibility index (Phi) is 4.64. The number of amides is 1. The molecular weight excluding hydrogens is 249 g/mol. The van der Waals surface area contributed by atoms with E-state index in [1.165, 1.54) is 12.1 Å². The predicted octanol–water partition coefficient (Wildman–Crippen LogP) is 3.29. The van der Waals surface area contributed by atoms with Crippen molar-refractivity contribution in [2.45, 2.75) is 33.6 Å². The number of carbonyl (C=O) groups excluding carboxylic acids is 1. The molecule has 1 rings (SSSR count). The van der Waals surface area contributed by atoms with Crippen LogP contribution in [-0.2, 0) is 4.79 Å². The van der Waals surface area contributed by atoms with E-state index in [1.54, 1.807) is 0 Å². The molecule has 0 heterocycles. The molecule has 0 bridgehead atoms. The van der Waals surface area contributed by atoms with Crippen LogP contribution in [0.3, 0.4) is 0 Å². The molecule has 2 N–H and O–H groups in total. The summed E-state index contributed by atoms with van der Waals surface area (Å²) in [6.45, 7) is 6.05. The number of aromatic carboxylic acids is 1. The zero-order valence-electron chi connectivity index (χ0n) is 11.3. The number of hydrogen-bond donors (Lipinski definition) is 2. The molecule has 0 unspecified atom stereocenters. The molecular formula is C14H18FNO3. The standard InChI is InChI=1S/C14H18FNO3/c1-14(2,3)7-6-12(17)16-11-5-4-9(13(18)19)8-10(11)15/h4-5,8H,6-7H2,1-3H3,(H,16,17)(H,18,19). The number of nitrogens with one attached hydrogen (secondary N) is 1. The van der Waals surface area contributed by atoms with Gasteiger partial charge in [0, 0.05) is 6.42 Å². The van der Waals surface area contributed by atoms with E-state index in [4.69, 9.17) is 5.11 Å². The lowest BCUT2D eigenvalue weighted by Crippen LogP contribution is -2.16. The van der Waals surface area contributed by atoms with Gasteiger partial charge in [-0.3, -0.25) is 4.79 Å². The van der Waals surface area contributed by atoms with Gasteiger partial charge in [0.1, 0.15) is 5.82 Å². The largest absolute Gasteiger partial charge is 0.478 e. The van der Waals surface area contributed by atoms with Crippen molar-refractivity contribution in [2.75, 3.05) is 5.32 Å². The average molecular weight is 267 g/mol. The minimum atomic E-state index is -1.20. The summed E-state index contributed by atoms with van der Waals surface area (Å²) in [5, 5.41) is 11.1. The number of carboxylic acid groups (broad SMARTS) is 1. The number of carboxylic acids is 1. The van der Waals surface area contributed by atoms with Crippen molar-refractivity contribution in [3.8, 4) is 0 Å². The van der Waals surface area contributed by atoms with Crippen molar-refractivity contribution >= 4 is 17.6 Å². The highest BCUT2D eigenvalue weighted by molar-refractivity contribution is 5.92. The Morgan fingerprint density at radius 2 is 1.95 bits per heavy atom. The van der Waals surface area contributed by atoms with E-state index in [2.05, 4.69) is 5.32 Å². The van der Waals surface area contributed by atoms with Crippen molar-refractivity contribution < 1.29 is 19.1 Å². The molecule has 0 atom stereocenters. The molecule has 19 heavy (non-hydrogen) atoms. The topological polar surface area (TPSA) is 66.4 Å². The maximum absolute atomic E-state index is 13.6. The quantitative estimate of drug-likeness (QED) is 0.879. The first kappa shape index (κ1) is 15.1. The summed E-state index contributed by atoms with van der Waals surface area (Å²) in [6.07, 6.45) is 0.983. The first-order valence-corrected chi connectivity index (χ1v) is 6.02. The van der Waals surface area contributed by atoms with Gasteiger partial charge >= 0.3 is 5.97 Å². The van der Waals surface area contributed by atoms with Crippen LogP contribution in [0, 0.1) is 11.2 Å². The summed E-state index contributed by atoms with van der Waals surface area (Å²) < 4.78 is 13.6. The Hall–Kier alpha value is -1.91. The van der Waals surface area contributed by atoms with Crippen LogP contribution in [0.2, 0.25) is 0 Å². The summed E-state index contributed by atoms with van der Waals surface area (Å²) >= 11 is 0. The maximum atomic E-state index is 13.6. The molecule has 0 aliphatic heterocycles. The Balaban J connectivity index is 2.67. The van der Waals surface area contributed by atoms with Crippen LogP contribution in [0.1, 0.15) is 44.0 Å². The van der Waals surface area contributed by atoms with Crippen molar-refractivity contribution in [1.29, 1.82) is 0 Å². The molecule has 1 aromatic rings. The van der Waals surface area contributed by atoms with E-state index < -0.39 is 11.8 Å². The Morgan fingerprint density at radius 1 is 1.32 bits per heavy atom. The predicted molar refractivity (Wildman–Crippen MR) is 70.7 cm³/mol. The highest BCUT2D eigenvalue weighted by Crippen LogP contribution is 2.21. The highest BCUT2D eigenvalue weighted by Gasteiger charge is 2.14. The third-order valence-corrected chi connectivity index (χ3v) is 2.59. The Labute approximate surface area is 111 Å². The molecule has 0 fully saturated rings. The van der Waals surface area contributed by atoms with E-state index in [0.717, 1.165) is 6.07 Å². The van der Waals surface area contributed by atoms with Gasteiger partial charge in [0.2, 0.25) is 5.91 Å². The van der Waals surface area contributed by atoms with Gasteiger partial charge in [-0.15, -0.1) is 0 Å². The summed E-state index contributed by atoms with van der Waals surface area (Å²) in [5.74, 6) is -2.23. The van der Waals surface area contributed by atoms with Crippen LogP contribution in [0.4, 0.5) is 10.1 Å². The molecule has 0 aliphatic carbocycles. The van der Waals surface area contributed by atoms with E-state index in [-0.39, 0.29) is 22.6 Å². The third-order valence-electron chi connectivity index (χ3n) is 2.59. The molecule has 4 nitrogen and oxygen atoms in total. The lowest BCUT2D eigenvalue weighted by molar-refractivity contribution is -0.116. The van der Waals surface area contributed by atoms with Gasteiger partial charge in [0.25, 0.3) is 0 Å². The minimum Gasteiger partial charge on any atom is -0.478 e. The van der Waals surface area contributed by atoms with E-state index >= 15 is 0 Å². The van der Waals surface area contributed by atoms with Gasteiger partial charge in [0.05, 0.1) is 11.3 Å². The maximum Gasteiger partial charge on any atom is 0.335 e. The van der Waals surface area contributed by atoms with Gasteiger partial charge in [-0.2, -0.15) is 0 Å². The van der Waals surface area contributed by atoms with Crippen molar-refractivity contribution in [2.24, 2.45) is 5.41 Å². The smallest absolute Gasteiger partial charge is 0.335 e. The van der Waals surface area contributed by atoms with Crippen LogP contribution in [-0.4, -0.2) is 17.0 Å². The second-order valence-corrected chi connectivity index (χ2v) is 5.61. The molecule has 0 saturated heterocycles. The summed E-state index contributed by atoms with van der Waals surface area (Å²) in [6, 6.07) is 3.40. The Morgan fingerprint density at radius 3 is 2.42 bits per heavy atom. The van der Waals surface area contributed by atoms with Crippen molar-refractivity contribution in [3.05, 3.63) is 29.6 Å². The lowest BCUT2D eigenvalue weighted by Gasteiger charge is -2.17. The molecule has 1 amide bonds. The first-order chi connectivity index (χ1) is 8.69. The monoisotopic (exact) mass is 267 g/mol. The number of benzene rings is 1. The molecule has 1 aromatic carbocycles. The van der Waals surface area contributed by atoms with E-state index in [9.17, 15) is 14.0 Å². The molecule has 0 spiro atoms. The van der Waals surface area contributed by atoms with Gasteiger partial charge < -0.3 is 10.4 Å². The van der Waals surface area contributed by atoms with Gasteiger partial charge in [-0.05, 0) is 30.0 Å². The average Bonchev–Trinajstić information content (AvgIpc) is 2.28. The van der Waals surface area contributed by atoms with Crippen LogP contribution >= 0.6 is 0 Å². The second-order valence-electron chi connectivity index (χ2n) is 5.61. The molecule has 0 aliphatic rings. The number of hydrogen-bond acceptors (Lipinski definition) is 2. The van der Waals surface area contributed by atoms with Gasteiger partial charge in [-0.25, -0.2) is 9.18 Å². The number of halogens is 1. The highest BCUT2D eigenvalue weighted by atomic mass is 19.1. The Bertz CT molecular complexity index is 492. The molecule has 0 radical (unpaired) electrons. The SMILES string of the molecule is CC(C)(C)CCC(=O)Nc1ccc(C(=O)O)cc1F. The van der Waals surface area contributed by atoms with Crippen molar-refractivity contribution in [1.82, 2.24) is 0 Å². The van der Waals surface area contributed by atoms with Gasteiger partial charge in [-0.1, -0.05) is 20.8 Å². The fraction of sp³-hybridized carbons (Fsp3) is 0.429. The normalized spacial score (nSPS) is 11.2. The van der Waals surface area contributed by atoms with Crippen LogP contribution in [0.25, 0.3) is 0 Å². The van der Waals surface area contributed by atoms with Crippen LogP contribution in [0.15, 0.2) is 18.2 Å². The van der Waals surface area contributed by atoms with Gasteiger partial charge in [0.15, 0.2) is 0 Å². The molecule has 5 heteroatoms. The number of carbonyl (C=O) groups is 2. The van der Waals surface area contributed by atoms with Crippen LogP contribution in [0.5, 0.6) is 0 Å². The number of anilines is 1. The van der Waals surface area contributed by atoms with E-state index in [0.29, 0.717) is 12.8 Å². The van der Waals surface area contributed by atoms with Crippen LogP contribution < -0.4 is 5.32 Å². The third kappa shape index (κ3) is 5.07. The summed E-state index contributed by atoms with van der Waals surface area (Å²) in [5.41, 5.74) is -0.114. The fourth-order valence-corrected chi connectivity index (χ4v) is 1.45. The summed E-state index contributed by atoms with van der Waals surface area (Å²) in [4.78, 5) is 22.3. The minimum absolute atomic E-state index is 0.00362. The molecule has 104 valence electrons. The lowest BCUT2D eigenvalue weighted by atomic mass is 9.90. The second kappa shape index (κ2) is 5.82. The fourth-order valence-electron chi connectivity index (χ4n) is 1.45. The van der Waals surface area contributed by atoms with Crippen molar-refractivity contribution in [3.63, 3.8) is 0 Å².